The molecule has 4 aromatic carbocycles. The van der Waals surface area contributed by atoms with Gasteiger partial charge in [-0.15, -0.1) is 0 Å². The van der Waals surface area contributed by atoms with Crippen molar-refractivity contribution in [3.63, 3.8) is 0 Å². The molecule has 340 valence electrons. The molecule has 0 bridgehead atoms. The van der Waals surface area contributed by atoms with E-state index in [9.17, 15) is 0 Å². The molecule has 0 spiro atoms. The molecule has 4 aromatic rings. The Morgan fingerprint density at radius 2 is 0.891 bits per heavy atom. The molecule has 0 aliphatic carbocycles. The molecule has 0 atom stereocenters. The van der Waals surface area contributed by atoms with Crippen molar-refractivity contribution in [3.05, 3.63) is 151 Å². The van der Waals surface area contributed by atoms with Crippen molar-refractivity contribution in [3.8, 4) is 0 Å². The number of anilines is 3. The van der Waals surface area contributed by atoms with Crippen LogP contribution in [0.2, 0.25) is 0 Å². The minimum absolute atomic E-state index is 0.354. The van der Waals surface area contributed by atoms with E-state index in [1.165, 1.54) is 78.7 Å². The zero-order valence-electron chi connectivity index (χ0n) is 43.1. The fraction of sp³-hybridized carbons (Fsp3) is 0.466. The first-order valence-corrected chi connectivity index (χ1v) is 28.2. The summed E-state index contributed by atoms with van der Waals surface area (Å²) in [5, 5.41) is 0. The Labute approximate surface area is 404 Å². The summed E-state index contributed by atoms with van der Waals surface area (Å²) in [6.07, 6.45) is 4.90. The van der Waals surface area contributed by atoms with Crippen molar-refractivity contribution in [2.75, 3.05) is 11.6 Å². The summed E-state index contributed by atoms with van der Waals surface area (Å²) >= 11 is -1.85. The zero-order valence-corrected chi connectivity index (χ0v) is 47.3. The van der Waals surface area contributed by atoms with Gasteiger partial charge in [0.05, 0.1) is 0 Å². The molecule has 0 fully saturated rings. The van der Waals surface area contributed by atoms with Gasteiger partial charge in [0.15, 0.2) is 0 Å². The van der Waals surface area contributed by atoms with Crippen molar-refractivity contribution < 1.29 is 0 Å². The Morgan fingerprint density at radius 3 is 1.27 bits per heavy atom. The molecule has 0 amide bonds. The number of rotatable bonds is 17. The van der Waals surface area contributed by atoms with Crippen LogP contribution in [-0.4, -0.2) is 37.2 Å². The fourth-order valence-electron chi connectivity index (χ4n) is 9.09. The van der Waals surface area contributed by atoms with E-state index in [4.69, 9.17) is 4.99 Å². The Bertz CT molecular complexity index is 2270. The van der Waals surface area contributed by atoms with Crippen LogP contribution >= 0.6 is 0 Å². The van der Waals surface area contributed by atoms with Gasteiger partial charge in [0.2, 0.25) is 0 Å². The van der Waals surface area contributed by atoms with Gasteiger partial charge in [-0.1, -0.05) is 0 Å². The summed E-state index contributed by atoms with van der Waals surface area (Å²) < 4.78 is 8.30. The Hall–Kier alpha value is -3.74. The summed E-state index contributed by atoms with van der Waals surface area (Å²) in [4.78, 5) is 8.16. The van der Waals surface area contributed by atoms with Gasteiger partial charge in [-0.05, 0) is 0 Å². The van der Waals surface area contributed by atoms with Crippen LogP contribution in [-0.2, 0) is 0 Å². The monoisotopic (exact) mass is 980 g/mol. The number of benzene rings is 4. The van der Waals surface area contributed by atoms with Crippen molar-refractivity contribution in [2.45, 2.75) is 179 Å². The van der Waals surface area contributed by atoms with Crippen LogP contribution in [0.5, 0.6) is 0 Å². The van der Waals surface area contributed by atoms with Crippen LogP contribution in [0.25, 0.3) is 0 Å². The third-order valence-corrected chi connectivity index (χ3v) is 18.3. The first kappa shape index (κ1) is 51.2. The average Bonchev–Trinajstić information content (AvgIpc) is 3.22. The van der Waals surface area contributed by atoms with Crippen molar-refractivity contribution >= 4 is 60.0 Å². The van der Waals surface area contributed by atoms with Gasteiger partial charge in [0.25, 0.3) is 0 Å². The second-order valence-electron chi connectivity index (χ2n) is 20.5. The predicted molar refractivity (Wildman–Crippen MR) is 286 cm³/mol. The van der Waals surface area contributed by atoms with Gasteiger partial charge >= 0.3 is 407 Å². The number of para-hydroxylation sites is 4. The molecule has 0 unspecified atom stereocenters. The molecule has 5 rings (SSSR count). The number of allylic oxidation sites excluding steroid dienone is 4. The second-order valence-corrected chi connectivity index (χ2v) is 24.9. The maximum atomic E-state index is 5.51. The van der Waals surface area contributed by atoms with E-state index < -0.39 is 31.5 Å². The molecule has 4 nitrogen and oxygen atoms in total. The van der Waals surface area contributed by atoms with E-state index >= 15 is 0 Å². The first-order chi connectivity index (χ1) is 30.2. The van der Waals surface area contributed by atoms with E-state index in [1.807, 2.05) is 0 Å². The summed E-state index contributed by atoms with van der Waals surface area (Å²) in [5.41, 5.74) is 21.5. The molecular formula is C58H80Ge2N4. The van der Waals surface area contributed by atoms with Crippen molar-refractivity contribution in [1.82, 2.24) is 0 Å². The number of nitrogens with zero attached hydrogens (tertiary/aromatic N) is 4. The maximum absolute atomic E-state index is 5.51. The molecule has 0 N–H and O–H groups in total. The van der Waals surface area contributed by atoms with E-state index in [2.05, 4.69) is 233 Å². The molecule has 0 saturated carbocycles. The van der Waals surface area contributed by atoms with Crippen LogP contribution in [0, 0.1) is 0 Å². The van der Waals surface area contributed by atoms with Crippen molar-refractivity contribution in [1.29, 1.82) is 0 Å². The number of hydrogen-bond acceptors (Lipinski definition) is 4. The third-order valence-electron chi connectivity index (χ3n) is 12.6. The Balaban J connectivity index is 1.82. The molecule has 64 heavy (non-hydrogen) atoms. The summed E-state index contributed by atoms with van der Waals surface area (Å²) in [6, 6.07) is 27.9. The molecule has 1 aliphatic rings. The Morgan fingerprint density at radius 1 is 0.531 bits per heavy atom. The minimum atomic E-state index is -1.13. The summed E-state index contributed by atoms with van der Waals surface area (Å²) in [7, 11) is 0. The van der Waals surface area contributed by atoms with Crippen molar-refractivity contribution in [2.24, 2.45) is 4.99 Å². The first-order valence-electron chi connectivity index (χ1n) is 24.2. The SMILES string of the molecule is CC1=CC([N]([Ge][N](/C(C)=C\C(C)=Nc2c(C(C)C)cccc2C(C)C)c2c(C(C)C)cccc2C(C)C)c2c(C(C)C)cccc2C(C)C)=[CH][Ge][N]1c1c(C(C)C)cccc1C(C)C. The molecule has 4 radical (unpaired) electrons. The van der Waals surface area contributed by atoms with Crippen LogP contribution in [0.4, 0.5) is 22.7 Å². The molecule has 1 heterocycles. The average molecular weight is 979 g/mol. The van der Waals surface area contributed by atoms with Gasteiger partial charge in [-0.25, -0.2) is 0 Å². The van der Waals surface area contributed by atoms with E-state index in [1.54, 1.807) is 0 Å². The summed E-state index contributed by atoms with van der Waals surface area (Å²) in [6.45, 7) is 44.4. The molecular weight excluding hydrogens is 898 g/mol. The quantitative estimate of drug-likeness (QED) is 0.0777. The number of hydrogen-bond donors (Lipinski definition) is 0. The summed E-state index contributed by atoms with van der Waals surface area (Å²) in [5.74, 6) is 3.07. The second kappa shape index (κ2) is 22.2. The molecule has 6 heteroatoms. The van der Waals surface area contributed by atoms with Gasteiger partial charge in [-0.2, -0.15) is 0 Å². The Kier molecular flexibility index (Phi) is 17.7. The fourth-order valence-corrected chi connectivity index (χ4v) is 14.9. The molecule has 0 aromatic heterocycles. The van der Waals surface area contributed by atoms with E-state index in [0.717, 1.165) is 11.4 Å². The van der Waals surface area contributed by atoms with Gasteiger partial charge in [0, 0.05) is 0 Å². The van der Waals surface area contributed by atoms with Gasteiger partial charge in [-0.3, -0.25) is 0 Å². The van der Waals surface area contributed by atoms with E-state index in [-0.39, 0.29) is 0 Å². The number of aliphatic imine (C=N–C) groups is 1. The topological polar surface area (TPSA) is 22.1 Å². The predicted octanol–water partition coefficient (Wildman–Crippen LogP) is 17.1. The van der Waals surface area contributed by atoms with E-state index in [0.29, 0.717) is 47.3 Å². The third kappa shape index (κ3) is 11.4. The van der Waals surface area contributed by atoms with Crippen LogP contribution in [0.3, 0.4) is 0 Å². The van der Waals surface area contributed by atoms with Crippen LogP contribution < -0.4 is 11.6 Å². The normalized spacial score (nSPS) is 14.1. The van der Waals surface area contributed by atoms with Gasteiger partial charge in [0.1, 0.15) is 0 Å². The standard InChI is InChI=1S/C58H80Ge2N4/c1-35(2)47-24-20-25-48(36(3)4)55(47)61-43(17)32-44(18)63(57-51(39(9)10)28-22-29-52(57)40(11)12)60-64(58-53(41(13)14)30-23-31-54(58)42(15)16)46-33-45(19)62(59-34-46)56-49(37(5)6)26-21-27-50(56)38(7)8/h20-42H,1-19H3/b44-32-,61-43?. The zero-order chi connectivity index (χ0) is 47.3. The van der Waals surface area contributed by atoms with Crippen LogP contribution in [0.15, 0.2) is 112 Å². The molecule has 1 aliphatic heterocycles. The van der Waals surface area contributed by atoms with Crippen LogP contribution in [0.1, 0.15) is 223 Å². The molecule has 0 saturated heterocycles. The van der Waals surface area contributed by atoms with Gasteiger partial charge < -0.3 is 0 Å².